The summed E-state index contributed by atoms with van der Waals surface area (Å²) >= 11 is 0. The second kappa shape index (κ2) is 8.38. The first-order valence-corrected chi connectivity index (χ1v) is 6.40. The lowest BCUT2D eigenvalue weighted by molar-refractivity contribution is -0.224. The first-order chi connectivity index (χ1) is 6.62. The number of unbranched alkanes of at least 4 members (excludes halogenated alkanes) is 2. The van der Waals surface area contributed by atoms with Gasteiger partial charge in [0, 0.05) is 0 Å². The van der Waals surface area contributed by atoms with Crippen LogP contribution in [-0.4, -0.2) is 18.1 Å². The van der Waals surface area contributed by atoms with Crippen molar-refractivity contribution >= 4 is 7.82 Å². The molecule has 14 heavy (non-hydrogen) atoms. The van der Waals surface area contributed by atoms with Gasteiger partial charge in [0.25, 0.3) is 0 Å². The Morgan fingerprint density at radius 2 is 1.71 bits per heavy atom. The average Bonchev–Trinajstić information content (AvgIpc) is 2.13. The summed E-state index contributed by atoms with van der Waals surface area (Å²) in [6, 6.07) is 0. The summed E-state index contributed by atoms with van der Waals surface area (Å²) in [5, 5.41) is 0. The maximum Gasteiger partial charge on any atom is 0.499 e. The number of phosphoric acid groups is 1. The number of phosphoric ester groups is 1. The summed E-state index contributed by atoms with van der Waals surface area (Å²) in [7, 11) is -3.98. The Bertz CT molecular complexity index is 173. The fourth-order valence-electron chi connectivity index (χ4n) is 0.653. The van der Waals surface area contributed by atoms with Crippen molar-refractivity contribution in [3.05, 3.63) is 0 Å². The van der Waals surface area contributed by atoms with Crippen LogP contribution in [0.5, 0.6) is 0 Å². The molecule has 0 rings (SSSR count). The van der Waals surface area contributed by atoms with Crippen LogP contribution in [0.25, 0.3) is 0 Å². The normalized spacial score (nSPS) is 15.4. The molecule has 0 aromatic rings. The largest absolute Gasteiger partial charge is 0.499 e. The minimum absolute atomic E-state index is 0.210. The van der Waals surface area contributed by atoms with Crippen LogP contribution in [0.1, 0.15) is 39.5 Å². The molecule has 1 unspecified atom stereocenters. The SMILES string of the molecule is CCCCOOP(=O)(O)OCCCC. The Balaban J connectivity index is 3.46. The molecule has 0 aliphatic heterocycles. The van der Waals surface area contributed by atoms with Gasteiger partial charge in [-0.1, -0.05) is 26.7 Å². The van der Waals surface area contributed by atoms with Gasteiger partial charge in [0.1, 0.15) is 0 Å². The minimum Gasteiger partial charge on any atom is -0.301 e. The van der Waals surface area contributed by atoms with Crippen LogP contribution < -0.4 is 0 Å². The van der Waals surface area contributed by atoms with Crippen molar-refractivity contribution in [2.24, 2.45) is 0 Å². The van der Waals surface area contributed by atoms with Gasteiger partial charge in [-0.2, -0.15) is 0 Å². The third kappa shape index (κ3) is 8.66. The van der Waals surface area contributed by atoms with Crippen molar-refractivity contribution in [2.45, 2.75) is 39.5 Å². The lowest BCUT2D eigenvalue weighted by atomic mass is 10.4. The smallest absolute Gasteiger partial charge is 0.301 e. The zero-order chi connectivity index (χ0) is 10.9. The van der Waals surface area contributed by atoms with Crippen LogP contribution in [0.2, 0.25) is 0 Å². The average molecular weight is 226 g/mol. The maximum atomic E-state index is 11.0. The van der Waals surface area contributed by atoms with Gasteiger partial charge in [-0.05, 0) is 12.8 Å². The van der Waals surface area contributed by atoms with Crippen molar-refractivity contribution < 1.29 is 23.5 Å². The molecule has 1 atom stereocenters. The topological polar surface area (TPSA) is 65.0 Å². The van der Waals surface area contributed by atoms with Crippen LogP contribution in [0.15, 0.2) is 0 Å². The Kier molecular flexibility index (Phi) is 8.43. The molecule has 0 fully saturated rings. The molecule has 0 aliphatic rings. The van der Waals surface area contributed by atoms with Crippen LogP contribution in [0.3, 0.4) is 0 Å². The van der Waals surface area contributed by atoms with Crippen LogP contribution in [0.4, 0.5) is 0 Å². The molecule has 1 N–H and O–H groups in total. The van der Waals surface area contributed by atoms with E-state index < -0.39 is 7.82 Å². The summed E-state index contributed by atoms with van der Waals surface area (Å²) < 4.78 is 19.9. The Morgan fingerprint density at radius 1 is 1.14 bits per heavy atom. The van der Waals surface area contributed by atoms with Crippen molar-refractivity contribution in [1.82, 2.24) is 0 Å². The number of hydrogen-bond acceptors (Lipinski definition) is 4. The zero-order valence-electron chi connectivity index (χ0n) is 8.77. The quantitative estimate of drug-likeness (QED) is 0.283. The molecule has 0 saturated carbocycles. The van der Waals surface area contributed by atoms with Crippen molar-refractivity contribution in [3.63, 3.8) is 0 Å². The highest BCUT2D eigenvalue weighted by Gasteiger charge is 2.21. The second-order valence-corrected chi connectivity index (χ2v) is 4.25. The Morgan fingerprint density at radius 3 is 2.29 bits per heavy atom. The Labute approximate surface area is 84.9 Å². The third-order valence-electron chi connectivity index (χ3n) is 1.48. The van der Waals surface area contributed by atoms with Crippen LogP contribution in [-0.2, 0) is 18.7 Å². The van der Waals surface area contributed by atoms with E-state index in [-0.39, 0.29) is 6.61 Å². The molecular formula is C8H19O5P. The van der Waals surface area contributed by atoms with E-state index in [1.54, 1.807) is 0 Å². The van der Waals surface area contributed by atoms with Crippen molar-refractivity contribution in [2.75, 3.05) is 13.2 Å². The van der Waals surface area contributed by atoms with Gasteiger partial charge in [0.2, 0.25) is 0 Å². The third-order valence-corrected chi connectivity index (χ3v) is 2.28. The fourth-order valence-corrected chi connectivity index (χ4v) is 1.26. The van der Waals surface area contributed by atoms with Gasteiger partial charge in [0.05, 0.1) is 13.2 Å². The summed E-state index contributed by atoms with van der Waals surface area (Å²) in [5.74, 6) is 0. The monoisotopic (exact) mass is 226 g/mol. The molecule has 5 nitrogen and oxygen atoms in total. The maximum absolute atomic E-state index is 11.0. The molecule has 6 heteroatoms. The summed E-state index contributed by atoms with van der Waals surface area (Å²) in [6.07, 6.45) is 3.35. The highest BCUT2D eigenvalue weighted by molar-refractivity contribution is 7.47. The standard InChI is InChI=1S/C8H19O5P/c1-3-5-7-11-13-14(9,10)12-8-6-4-2/h3-8H2,1-2H3,(H,9,10). The number of hydrogen-bond donors (Lipinski definition) is 1. The van der Waals surface area contributed by atoms with Crippen molar-refractivity contribution in [1.29, 1.82) is 0 Å². The minimum atomic E-state index is -3.98. The van der Waals surface area contributed by atoms with E-state index in [1.165, 1.54) is 0 Å². The second-order valence-electron chi connectivity index (χ2n) is 2.91. The van der Waals surface area contributed by atoms with Crippen LogP contribution in [0, 0.1) is 0 Å². The summed E-state index contributed by atoms with van der Waals surface area (Å²) in [6.45, 7) is 4.46. The van der Waals surface area contributed by atoms with E-state index in [9.17, 15) is 4.57 Å². The number of rotatable bonds is 9. The molecule has 86 valence electrons. The molecule has 0 aliphatic carbocycles. The molecule has 0 spiro atoms. The fraction of sp³-hybridized carbons (Fsp3) is 1.00. The predicted octanol–water partition coefficient (Wildman–Crippen LogP) is 2.65. The van der Waals surface area contributed by atoms with E-state index >= 15 is 0 Å². The molecule has 0 aromatic carbocycles. The molecular weight excluding hydrogens is 207 g/mol. The van der Waals surface area contributed by atoms with Crippen molar-refractivity contribution in [3.8, 4) is 0 Å². The van der Waals surface area contributed by atoms with E-state index in [0.29, 0.717) is 6.61 Å². The first-order valence-electron chi connectivity index (χ1n) is 4.91. The lowest BCUT2D eigenvalue weighted by Gasteiger charge is -2.10. The molecule has 0 radical (unpaired) electrons. The molecule has 0 amide bonds. The van der Waals surface area contributed by atoms with E-state index in [2.05, 4.69) is 14.1 Å². The highest BCUT2D eigenvalue weighted by Crippen LogP contribution is 2.43. The van der Waals surface area contributed by atoms with Gasteiger partial charge in [-0.15, -0.1) is 4.67 Å². The Hall–Kier alpha value is 0.0700. The van der Waals surface area contributed by atoms with E-state index in [4.69, 9.17) is 4.89 Å². The van der Waals surface area contributed by atoms with Crippen LogP contribution >= 0.6 is 7.82 Å². The molecule has 0 saturated heterocycles. The van der Waals surface area contributed by atoms with Gasteiger partial charge in [-0.25, -0.2) is 9.45 Å². The summed E-state index contributed by atoms with van der Waals surface area (Å²) in [4.78, 5) is 13.6. The van der Waals surface area contributed by atoms with Gasteiger partial charge in [0.15, 0.2) is 0 Å². The van der Waals surface area contributed by atoms with E-state index in [1.807, 2.05) is 13.8 Å². The lowest BCUT2D eigenvalue weighted by Crippen LogP contribution is -1.99. The van der Waals surface area contributed by atoms with Gasteiger partial charge in [-0.3, -0.25) is 4.52 Å². The molecule has 0 bridgehead atoms. The first kappa shape index (κ1) is 14.1. The zero-order valence-corrected chi connectivity index (χ0v) is 9.66. The molecule has 0 heterocycles. The summed E-state index contributed by atoms with van der Waals surface area (Å²) in [5.41, 5.74) is 0. The predicted molar refractivity (Wildman–Crippen MR) is 52.6 cm³/mol. The van der Waals surface area contributed by atoms with E-state index in [0.717, 1.165) is 25.7 Å². The highest BCUT2D eigenvalue weighted by atomic mass is 31.2. The van der Waals surface area contributed by atoms with Gasteiger partial charge < -0.3 is 4.89 Å². The van der Waals surface area contributed by atoms with Gasteiger partial charge >= 0.3 is 7.82 Å². The molecule has 0 aromatic heterocycles.